The lowest BCUT2D eigenvalue weighted by atomic mass is 9.72. The molecule has 1 aromatic rings. The lowest BCUT2D eigenvalue weighted by molar-refractivity contribution is 0.184. The van der Waals surface area contributed by atoms with Crippen molar-refractivity contribution in [2.45, 2.75) is 31.4 Å². The monoisotopic (exact) mass is 217 g/mol. The third-order valence-corrected chi connectivity index (χ3v) is 3.22. The molecule has 3 nitrogen and oxygen atoms in total. The van der Waals surface area contributed by atoms with Crippen LogP contribution < -0.4 is 0 Å². The zero-order valence-electron chi connectivity index (χ0n) is 9.40. The minimum atomic E-state index is -0.300. The van der Waals surface area contributed by atoms with E-state index in [0.29, 0.717) is 6.61 Å². The van der Waals surface area contributed by atoms with Crippen molar-refractivity contribution in [3.05, 3.63) is 35.4 Å². The molecular weight excluding hydrogens is 202 g/mol. The Kier molecular flexibility index (Phi) is 3.18. The van der Waals surface area contributed by atoms with Crippen molar-refractivity contribution in [2.75, 3.05) is 7.11 Å². The Hall–Kier alpha value is -1.44. The average Bonchev–Trinajstić information content (AvgIpc) is 2.24. The molecule has 0 heterocycles. The first-order valence-corrected chi connectivity index (χ1v) is 5.48. The molecule has 1 aromatic carbocycles. The zero-order chi connectivity index (χ0) is 11.4. The fourth-order valence-electron chi connectivity index (χ4n) is 2.18. The predicted octanol–water partition coefficient (Wildman–Crippen LogP) is 2.55. The van der Waals surface area contributed by atoms with Gasteiger partial charge in [-0.05, 0) is 30.4 Å². The molecule has 1 fully saturated rings. The third-order valence-electron chi connectivity index (χ3n) is 3.22. The fraction of sp³-hybridized carbons (Fsp3) is 0.462. The number of isocyanates is 1. The molecular formula is C13H15NO2. The van der Waals surface area contributed by atoms with Crippen molar-refractivity contribution < 1.29 is 9.53 Å². The second kappa shape index (κ2) is 4.60. The number of nitrogens with zero attached hydrogens (tertiary/aromatic N) is 1. The maximum Gasteiger partial charge on any atom is 0.235 e. The quantitative estimate of drug-likeness (QED) is 0.574. The van der Waals surface area contributed by atoms with Crippen LogP contribution >= 0.6 is 0 Å². The summed E-state index contributed by atoms with van der Waals surface area (Å²) in [7, 11) is 1.68. The molecule has 0 spiro atoms. The van der Waals surface area contributed by atoms with Crippen molar-refractivity contribution in [2.24, 2.45) is 4.99 Å². The van der Waals surface area contributed by atoms with Gasteiger partial charge in [-0.1, -0.05) is 24.3 Å². The lowest BCUT2D eigenvalue weighted by Gasteiger charge is -2.37. The van der Waals surface area contributed by atoms with E-state index < -0.39 is 0 Å². The summed E-state index contributed by atoms with van der Waals surface area (Å²) in [5, 5.41) is 0. The van der Waals surface area contributed by atoms with Crippen LogP contribution in [0.25, 0.3) is 0 Å². The van der Waals surface area contributed by atoms with Crippen LogP contribution in [0.4, 0.5) is 0 Å². The highest BCUT2D eigenvalue weighted by Gasteiger charge is 2.38. The summed E-state index contributed by atoms with van der Waals surface area (Å²) in [6.07, 6.45) is 4.72. The SMILES string of the molecule is COCc1cccc(C2(N=C=O)CCC2)c1. The minimum absolute atomic E-state index is 0.300. The van der Waals surface area contributed by atoms with E-state index in [4.69, 9.17) is 4.74 Å². The van der Waals surface area contributed by atoms with Crippen LogP contribution in [0.1, 0.15) is 30.4 Å². The first-order chi connectivity index (χ1) is 7.80. The number of ether oxygens (including phenoxy) is 1. The van der Waals surface area contributed by atoms with E-state index >= 15 is 0 Å². The van der Waals surface area contributed by atoms with Gasteiger partial charge >= 0.3 is 0 Å². The maximum absolute atomic E-state index is 10.5. The van der Waals surface area contributed by atoms with Gasteiger partial charge in [0.1, 0.15) is 0 Å². The van der Waals surface area contributed by atoms with Crippen LogP contribution in [0.3, 0.4) is 0 Å². The second-order valence-electron chi connectivity index (χ2n) is 4.22. The molecule has 1 saturated carbocycles. The number of hydrogen-bond donors (Lipinski definition) is 0. The van der Waals surface area contributed by atoms with Crippen LogP contribution in [0.15, 0.2) is 29.3 Å². The second-order valence-corrected chi connectivity index (χ2v) is 4.22. The first kappa shape index (κ1) is 11.1. The molecule has 0 amide bonds. The Balaban J connectivity index is 2.31. The maximum atomic E-state index is 10.5. The van der Waals surface area contributed by atoms with Gasteiger partial charge in [0, 0.05) is 7.11 Å². The normalized spacial score (nSPS) is 17.3. The molecule has 84 valence electrons. The minimum Gasteiger partial charge on any atom is -0.380 e. The number of rotatable bonds is 4. The van der Waals surface area contributed by atoms with Crippen LogP contribution in [-0.2, 0) is 21.7 Å². The molecule has 1 aliphatic rings. The lowest BCUT2D eigenvalue weighted by Crippen LogP contribution is -2.31. The van der Waals surface area contributed by atoms with E-state index in [0.717, 1.165) is 30.4 Å². The molecule has 3 heteroatoms. The summed E-state index contributed by atoms with van der Waals surface area (Å²) in [5.41, 5.74) is 1.93. The zero-order valence-corrected chi connectivity index (χ0v) is 9.40. The number of benzene rings is 1. The topological polar surface area (TPSA) is 38.7 Å². The molecule has 16 heavy (non-hydrogen) atoms. The Morgan fingerprint density at radius 2 is 2.31 bits per heavy atom. The Bertz CT molecular complexity index is 418. The van der Waals surface area contributed by atoms with Crippen LogP contribution in [0, 0.1) is 0 Å². The molecule has 0 atom stereocenters. The number of hydrogen-bond acceptors (Lipinski definition) is 3. The summed E-state index contributed by atoms with van der Waals surface area (Å²) in [6, 6.07) is 8.11. The average molecular weight is 217 g/mol. The smallest absolute Gasteiger partial charge is 0.235 e. The van der Waals surface area contributed by atoms with Crippen molar-refractivity contribution >= 4 is 6.08 Å². The van der Waals surface area contributed by atoms with Gasteiger partial charge in [-0.25, -0.2) is 4.79 Å². The van der Waals surface area contributed by atoms with E-state index in [9.17, 15) is 4.79 Å². The molecule has 1 aliphatic carbocycles. The van der Waals surface area contributed by atoms with E-state index in [2.05, 4.69) is 11.1 Å². The molecule has 0 N–H and O–H groups in total. The summed E-state index contributed by atoms with van der Waals surface area (Å²) in [6.45, 7) is 0.592. The van der Waals surface area contributed by atoms with Crippen LogP contribution in [-0.4, -0.2) is 13.2 Å². The van der Waals surface area contributed by atoms with Gasteiger partial charge in [0.25, 0.3) is 0 Å². The fourth-order valence-corrected chi connectivity index (χ4v) is 2.18. The van der Waals surface area contributed by atoms with Crippen molar-refractivity contribution in [3.8, 4) is 0 Å². The molecule has 0 saturated heterocycles. The molecule has 0 unspecified atom stereocenters. The van der Waals surface area contributed by atoms with Gasteiger partial charge in [0.05, 0.1) is 12.1 Å². The third kappa shape index (κ3) is 1.92. The van der Waals surface area contributed by atoms with E-state index in [1.807, 2.05) is 18.2 Å². The van der Waals surface area contributed by atoms with Crippen LogP contribution in [0.2, 0.25) is 0 Å². The Morgan fingerprint density at radius 1 is 1.50 bits per heavy atom. The highest BCUT2D eigenvalue weighted by molar-refractivity contribution is 5.40. The van der Waals surface area contributed by atoms with E-state index in [-0.39, 0.29) is 5.54 Å². The van der Waals surface area contributed by atoms with Gasteiger partial charge in [0.2, 0.25) is 6.08 Å². The van der Waals surface area contributed by atoms with E-state index in [1.54, 1.807) is 13.2 Å². The molecule has 2 rings (SSSR count). The molecule has 0 bridgehead atoms. The standard InChI is InChI=1S/C13H15NO2/c1-16-9-11-4-2-5-12(8-11)13(14-10-15)6-3-7-13/h2,4-5,8H,3,6-7,9H2,1H3. The summed E-state index contributed by atoms with van der Waals surface area (Å²) in [4.78, 5) is 14.5. The van der Waals surface area contributed by atoms with Gasteiger partial charge in [-0.15, -0.1) is 0 Å². The number of methoxy groups -OCH3 is 1. The van der Waals surface area contributed by atoms with Gasteiger partial charge in [-0.2, -0.15) is 4.99 Å². The predicted molar refractivity (Wildman–Crippen MR) is 60.8 cm³/mol. The van der Waals surface area contributed by atoms with Gasteiger partial charge in [0.15, 0.2) is 0 Å². The van der Waals surface area contributed by atoms with E-state index in [1.165, 1.54) is 0 Å². The van der Waals surface area contributed by atoms with Gasteiger partial charge < -0.3 is 4.74 Å². The largest absolute Gasteiger partial charge is 0.380 e. The summed E-state index contributed by atoms with van der Waals surface area (Å²) in [5.74, 6) is 0. The number of aliphatic imine (C=N–C) groups is 1. The Labute approximate surface area is 95.2 Å². The van der Waals surface area contributed by atoms with Gasteiger partial charge in [-0.3, -0.25) is 0 Å². The molecule has 0 aliphatic heterocycles. The Morgan fingerprint density at radius 3 is 2.88 bits per heavy atom. The van der Waals surface area contributed by atoms with Crippen molar-refractivity contribution in [1.82, 2.24) is 0 Å². The summed E-state index contributed by atoms with van der Waals surface area (Å²) >= 11 is 0. The molecule has 0 aromatic heterocycles. The first-order valence-electron chi connectivity index (χ1n) is 5.48. The highest BCUT2D eigenvalue weighted by Crippen LogP contribution is 2.44. The highest BCUT2D eigenvalue weighted by atomic mass is 16.5. The van der Waals surface area contributed by atoms with Crippen molar-refractivity contribution in [1.29, 1.82) is 0 Å². The molecule has 0 radical (unpaired) electrons. The van der Waals surface area contributed by atoms with Crippen molar-refractivity contribution in [3.63, 3.8) is 0 Å². The number of carbonyl (C=O) groups excluding carboxylic acids is 1. The van der Waals surface area contributed by atoms with Crippen LogP contribution in [0.5, 0.6) is 0 Å². The summed E-state index contributed by atoms with van der Waals surface area (Å²) < 4.78 is 5.10.